The zero-order chi connectivity index (χ0) is 35.8. The summed E-state index contributed by atoms with van der Waals surface area (Å²) in [4.78, 5) is 46.1. The largest absolute Gasteiger partial charge is 0.481 e. The molecule has 12 nitrogen and oxygen atoms in total. The lowest BCUT2D eigenvalue weighted by atomic mass is 10.0. The van der Waals surface area contributed by atoms with Crippen molar-refractivity contribution in [2.45, 2.75) is 50.9 Å². The molecule has 266 valence electrons. The highest BCUT2D eigenvalue weighted by molar-refractivity contribution is 6.40. The number of amides is 2. The van der Waals surface area contributed by atoms with Crippen LogP contribution in [0.15, 0.2) is 54.6 Å². The molecule has 0 saturated carbocycles. The predicted octanol–water partition coefficient (Wildman–Crippen LogP) is 5.70. The molecule has 2 amide bonds. The number of carboxylic acid groups (broad SMARTS) is 1. The summed E-state index contributed by atoms with van der Waals surface area (Å²) in [5.74, 6) is -3.04. The van der Waals surface area contributed by atoms with E-state index in [1.54, 1.807) is 42.5 Å². The molecular formula is C36H36Cl2FN7O5. The molecule has 2 saturated heterocycles. The van der Waals surface area contributed by atoms with E-state index in [1.165, 1.54) is 12.1 Å². The Bertz CT molecular complexity index is 2010. The van der Waals surface area contributed by atoms with Crippen LogP contribution in [0.4, 0.5) is 15.8 Å². The number of aliphatic hydroxyl groups is 1. The minimum atomic E-state index is -0.787. The summed E-state index contributed by atoms with van der Waals surface area (Å²) < 4.78 is 16.7. The molecule has 2 fully saturated rings. The number of aliphatic hydroxyl groups excluding tert-OH is 1. The normalized spacial score (nSPS) is 20.7. The summed E-state index contributed by atoms with van der Waals surface area (Å²) in [6.45, 7) is 3.21. The highest BCUT2D eigenvalue weighted by Gasteiger charge is 2.36. The Labute approximate surface area is 303 Å². The molecule has 0 spiro atoms. The number of rotatable bonds is 9. The maximum Gasteiger partial charge on any atom is 0.307 e. The number of likely N-dealkylation sites (tertiary alicyclic amines) is 2. The standard InChI is InChI=1S/C36H36Cl2FN7O5/c37-31-23(4-1-6-25(31)41-34(48)27-10-9-20(33(39)40-27)17-44-14-12-22(47)19-44)24-5-2-7-26(32(24)38)42-35(49)28-16-30-29(8-3-13-46(30)43-28)45-15-11-21(18-45)36(50)51/h1-2,4-7,9-10,16,21-22,29,47H,3,8,11-15,17-19H2,(H,41,48)(H,42,49)(H,50,51)/t21-,22-,29?/m1/s1. The summed E-state index contributed by atoms with van der Waals surface area (Å²) in [6, 6.07) is 14.8. The third kappa shape index (κ3) is 7.35. The van der Waals surface area contributed by atoms with Gasteiger partial charge in [0.15, 0.2) is 5.69 Å². The minimum Gasteiger partial charge on any atom is -0.481 e. The third-order valence-corrected chi connectivity index (χ3v) is 10.6. The Hall–Kier alpha value is -4.40. The van der Waals surface area contributed by atoms with Crippen LogP contribution in [0.3, 0.4) is 0 Å². The number of carboxylic acids is 1. The fraction of sp³-hybridized carbons (Fsp3) is 0.361. The summed E-state index contributed by atoms with van der Waals surface area (Å²) in [5, 5.41) is 29.8. The number of fused-ring (bicyclic) bond motifs is 1. The zero-order valence-electron chi connectivity index (χ0n) is 27.5. The third-order valence-electron chi connectivity index (χ3n) is 9.83. The van der Waals surface area contributed by atoms with Crippen LogP contribution < -0.4 is 10.6 Å². The number of nitrogens with one attached hydrogen (secondary N) is 2. The van der Waals surface area contributed by atoms with E-state index in [1.807, 2.05) is 9.58 Å². The highest BCUT2D eigenvalue weighted by atomic mass is 35.5. The highest BCUT2D eigenvalue weighted by Crippen LogP contribution is 2.41. The number of hydrogen-bond donors (Lipinski definition) is 4. The van der Waals surface area contributed by atoms with Crippen molar-refractivity contribution in [1.29, 1.82) is 0 Å². The number of aromatic nitrogens is 3. The maximum absolute atomic E-state index is 14.8. The van der Waals surface area contributed by atoms with Gasteiger partial charge in [-0.15, -0.1) is 0 Å². The molecule has 1 unspecified atom stereocenters. The number of pyridine rings is 1. The van der Waals surface area contributed by atoms with E-state index in [4.69, 9.17) is 23.2 Å². The molecule has 3 aliphatic rings. The van der Waals surface area contributed by atoms with Gasteiger partial charge >= 0.3 is 5.97 Å². The van der Waals surface area contributed by atoms with Crippen molar-refractivity contribution in [3.8, 4) is 11.1 Å². The van der Waals surface area contributed by atoms with E-state index < -0.39 is 35.8 Å². The lowest BCUT2D eigenvalue weighted by molar-refractivity contribution is -0.141. The number of anilines is 2. The van der Waals surface area contributed by atoms with Gasteiger partial charge in [0.2, 0.25) is 5.95 Å². The fourth-order valence-electron chi connectivity index (χ4n) is 7.16. The SMILES string of the molecule is O=C(Nc1cccc(-c2cccc(NC(=O)c3cc4n(n3)CCCC4N3CC[C@@H](C(=O)O)C3)c2Cl)c1Cl)c1ccc(CN2CC[C@@H](O)C2)c(F)n1. The van der Waals surface area contributed by atoms with Gasteiger partial charge in [-0.2, -0.15) is 9.49 Å². The molecule has 4 aromatic rings. The molecule has 2 aromatic heterocycles. The number of aryl methyl sites for hydroxylation is 1. The van der Waals surface area contributed by atoms with Crippen LogP contribution >= 0.6 is 23.2 Å². The number of hydrogen-bond acceptors (Lipinski definition) is 8. The Balaban J connectivity index is 1.05. The molecule has 5 heterocycles. The summed E-state index contributed by atoms with van der Waals surface area (Å²) in [5.41, 5.74) is 2.90. The first-order valence-electron chi connectivity index (χ1n) is 16.9. The molecule has 0 bridgehead atoms. The Morgan fingerprint density at radius 3 is 2.16 bits per heavy atom. The van der Waals surface area contributed by atoms with E-state index >= 15 is 0 Å². The molecule has 0 radical (unpaired) electrons. The van der Waals surface area contributed by atoms with Gasteiger partial charge in [0.05, 0.1) is 45.2 Å². The van der Waals surface area contributed by atoms with Crippen molar-refractivity contribution >= 4 is 52.4 Å². The number of nitrogens with zero attached hydrogens (tertiary/aromatic N) is 5. The van der Waals surface area contributed by atoms with Gasteiger partial charge in [-0.25, -0.2) is 4.98 Å². The molecule has 2 aromatic carbocycles. The van der Waals surface area contributed by atoms with Crippen molar-refractivity contribution in [3.63, 3.8) is 0 Å². The van der Waals surface area contributed by atoms with E-state index in [0.717, 1.165) is 18.5 Å². The van der Waals surface area contributed by atoms with Crippen LogP contribution in [0.25, 0.3) is 11.1 Å². The predicted molar refractivity (Wildman–Crippen MR) is 189 cm³/mol. The zero-order valence-corrected chi connectivity index (χ0v) is 29.0. The van der Waals surface area contributed by atoms with Crippen LogP contribution in [-0.4, -0.2) is 84.8 Å². The van der Waals surface area contributed by atoms with Crippen LogP contribution in [0.5, 0.6) is 0 Å². The lowest BCUT2D eigenvalue weighted by Crippen LogP contribution is -2.32. The lowest BCUT2D eigenvalue weighted by Gasteiger charge is -2.31. The quantitative estimate of drug-likeness (QED) is 0.159. The van der Waals surface area contributed by atoms with E-state index in [0.29, 0.717) is 67.9 Å². The van der Waals surface area contributed by atoms with E-state index in [9.17, 15) is 29.0 Å². The number of halogens is 3. The second-order valence-electron chi connectivity index (χ2n) is 13.2. The molecule has 0 aliphatic carbocycles. The first kappa shape index (κ1) is 35.0. The summed E-state index contributed by atoms with van der Waals surface area (Å²) in [6.07, 6.45) is 2.53. The van der Waals surface area contributed by atoms with Crippen molar-refractivity contribution in [2.24, 2.45) is 5.92 Å². The topological polar surface area (TPSA) is 153 Å². The first-order chi connectivity index (χ1) is 24.5. The van der Waals surface area contributed by atoms with E-state index in [2.05, 4.69) is 25.6 Å². The van der Waals surface area contributed by atoms with Gasteiger partial charge in [-0.05, 0) is 56.5 Å². The van der Waals surface area contributed by atoms with Crippen molar-refractivity contribution in [2.75, 3.05) is 36.8 Å². The molecule has 15 heteroatoms. The number of carbonyl (C=O) groups is 3. The van der Waals surface area contributed by atoms with Crippen molar-refractivity contribution < 1.29 is 29.0 Å². The molecule has 3 aliphatic heterocycles. The molecule has 7 rings (SSSR count). The number of benzene rings is 2. The first-order valence-corrected chi connectivity index (χ1v) is 17.6. The average Bonchev–Trinajstić information content (AvgIpc) is 3.88. The van der Waals surface area contributed by atoms with Crippen LogP contribution in [0.2, 0.25) is 10.0 Å². The Kier molecular flexibility index (Phi) is 10.1. The van der Waals surface area contributed by atoms with Gasteiger partial charge in [-0.1, -0.05) is 53.5 Å². The fourth-order valence-corrected chi connectivity index (χ4v) is 7.71. The second-order valence-corrected chi connectivity index (χ2v) is 14.0. The molecule has 51 heavy (non-hydrogen) atoms. The second kappa shape index (κ2) is 14.7. The Morgan fingerprint density at radius 1 is 0.863 bits per heavy atom. The molecular weight excluding hydrogens is 700 g/mol. The average molecular weight is 737 g/mol. The van der Waals surface area contributed by atoms with Crippen LogP contribution in [-0.2, 0) is 17.9 Å². The monoisotopic (exact) mass is 735 g/mol. The van der Waals surface area contributed by atoms with Gasteiger partial charge in [-0.3, -0.25) is 28.9 Å². The van der Waals surface area contributed by atoms with Crippen LogP contribution in [0, 0.1) is 11.9 Å². The van der Waals surface area contributed by atoms with Gasteiger partial charge < -0.3 is 20.8 Å². The van der Waals surface area contributed by atoms with Gasteiger partial charge in [0.25, 0.3) is 11.8 Å². The number of β-amino-alcohol motifs (C(OH)–C–C–N with tert-alkyl or cyclic N) is 1. The van der Waals surface area contributed by atoms with Crippen LogP contribution in [0.1, 0.15) is 64.0 Å². The number of carbonyl (C=O) groups excluding carboxylic acids is 2. The van der Waals surface area contributed by atoms with Crippen molar-refractivity contribution in [1.82, 2.24) is 24.6 Å². The molecule has 4 N–H and O–H groups in total. The smallest absolute Gasteiger partial charge is 0.307 e. The number of aliphatic carboxylic acids is 1. The van der Waals surface area contributed by atoms with Crippen molar-refractivity contribution in [3.05, 3.63) is 93.2 Å². The van der Waals surface area contributed by atoms with E-state index in [-0.39, 0.29) is 39.7 Å². The van der Waals surface area contributed by atoms with Gasteiger partial charge in [0.1, 0.15) is 5.69 Å². The van der Waals surface area contributed by atoms with Gasteiger partial charge in [0, 0.05) is 49.4 Å². The molecule has 3 atom stereocenters. The summed E-state index contributed by atoms with van der Waals surface area (Å²) >= 11 is 13.6. The maximum atomic E-state index is 14.8. The summed E-state index contributed by atoms with van der Waals surface area (Å²) in [7, 11) is 0. The Morgan fingerprint density at radius 2 is 1.55 bits per heavy atom. The minimum absolute atomic E-state index is 0.0104.